The number of ether oxygens (including phenoxy) is 4. The molecular weight excluding hydrogens is 819 g/mol. The Labute approximate surface area is 382 Å². The summed E-state index contributed by atoms with van der Waals surface area (Å²) in [6, 6.07) is -1.12. The van der Waals surface area contributed by atoms with Gasteiger partial charge in [0.25, 0.3) is 11.7 Å². The Kier molecular flexibility index (Phi) is 20.4. The van der Waals surface area contributed by atoms with Crippen LogP contribution >= 0.6 is 0 Å². The molecule has 0 aromatic carbocycles. The van der Waals surface area contributed by atoms with Crippen LogP contribution in [0, 0.1) is 41.4 Å². The Morgan fingerprint density at radius 1 is 0.859 bits per heavy atom. The molecule has 360 valence electrons. The van der Waals surface area contributed by atoms with Crippen LogP contribution in [0.5, 0.6) is 0 Å². The van der Waals surface area contributed by atoms with E-state index in [-0.39, 0.29) is 60.7 Å². The molecule has 3 aliphatic heterocycles. The van der Waals surface area contributed by atoms with E-state index in [0.29, 0.717) is 56.9 Å². The number of ketones is 3. The van der Waals surface area contributed by atoms with Gasteiger partial charge in [-0.2, -0.15) is 0 Å². The van der Waals surface area contributed by atoms with Gasteiger partial charge < -0.3 is 39.2 Å². The van der Waals surface area contributed by atoms with Crippen LogP contribution < -0.4 is 0 Å². The number of hydrogen-bond donors (Lipinski definition) is 3. The lowest BCUT2D eigenvalue weighted by molar-refractivity contribution is -0.265. The van der Waals surface area contributed by atoms with E-state index in [2.05, 4.69) is 0 Å². The molecule has 1 saturated carbocycles. The Morgan fingerprint density at radius 3 is 2.25 bits per heavy atom. The summed E-state index contributed by atoms with van der Waals surface area (Å²) in [5.41, 5.74) is 1.28. The first kappa shape index (κ1) is 53.3. The highest BCUT2D eigenvalue weighted by molar-refractivity contribution is 6.39. The van der Waals surface area contributed by atoms with Gasteiger partial charge in [0.15, 0.2) is 5.78 Å². The molecule has 3 fully saturated rings. The summed E-state index contributed by atoms with van der Waals surface area (Å²) in [6.45, 7) is 14.8. The van der Waals surface area contributed by atoms with E-state index in [9.17, 15) is 39.3 Å². The predicted molar refractivity (Wildman–Crippen MR) is 244 cm³/mol. The van der Waals surface area contributed by atoms with Crippen LogP contribution in [0.3, 0.4) is 0 Å². The lowest BCUT2D eigenvalue weighted by Gasteiger charge is -2.42. The largest absolute Gasteiger partial charge is 0.460 e. The minimum absolute atomic E-state index is 0.0258. The smallest absolute Gasteiger partial charge is 0.329 e. The van der Waals surface area contributed by atoms with Crippen molar-refractivity contribution in [3.05, 3.63) is 47.6 Å². The number of amides is 1. The van der Waals surface area contributed by atoms with Crippen LogP contribution in [0.1, 0.15) is 132 Å². The molecule has 64 heavy (non-hydrogen) atoms. The summed E-state index contributed by atoms with van der Waals surface area (Å²) >= 11 is 0. The molecule has 3 N–H and O–H groups in total. The van der Waals surface area contributed by atoms with Crippen LogP contribution in [-0.4, -0.2) is 119 Å². The molecule has 13 heteroatoms. The zero-order valence-electron chi connectivity index (χ0n) is 40.2. The molecule has 1 aliphatic carbocycles. The molecule has 13 nitrogen and oxygen atoms in total. The highest BCUT2D eigenvalue weighted by atomic mass is 16.6. The zero-order chi connectivity index (χ0) is 47.5. The number of methoxy groups -OCH3 is 2. The minimum atomic E-state index is -2.42. The van der Waals surface area contributed by atoms with Gasteiger partial charge in [-0.1, -0.05) is 78.0 Å². The highest BCUT2D eigenvalue weighted by Gasteiger charge is 2.53. The van der Waals surface area contributed by atoms with Crippen molar-refractivity contribution in [1.82, 2.24) is 4.90 Å². The third-order valence-corrected chi connectivity index (χ3v) is 14.5. The fraction of sp³-hybridized carbons (Fsp3) is 0.745. The van der Waals surface area contributed by atoms with Gasteiger partial charge in [0.1, 0.15) is 30.1 Å². The van der Waals surface area contributed by atoms with E-state index >= 15 is 0 Å². The zero-order valence-corrected chi connectivity index (χ0v) is 40.2. The molecule has 2 saturated heterocycles. The quantitative estimate of drug-likeness (QED) is 0.149. The van der Waals surface area contributed by atoms with Gasteiger partial charge in [-0.05, 0) is 113 Å². The molecule has 0 aromatic rings. The van der Waals surface area contributed by atoms with Crippen molar-refractivity contribution in [2.45, 2.75) is 181 Å². The van der Waals surface area contributed by atoms with E-state index in [1.54, 1.807) is 34.0 Å². The lowest BCUT2D eigenvalue weighted by atomic mass is 9.75. The first-order chi connectivity index (χ1) is 30.2. The van der Waals surface area contributed by atoms with Gasteiger partial charge in [-0.3, -0.25) is 19.2 Å². The number of hydrogen-bond acceptors (Lipinski definition) is 12. The van der Waals surface area contributed by atoms with Crippen molar-refractivity contribution >= 4 is 29.2 Å². The van der Waals surface area contributed by atoms with Crippen molar-refractivity contribution < 1.29 is 58.2 Å². The number of rotatable bonds is 5. The number of allylic oxidation sites excluding steroid dienone is 6. The summed E-state index contributed by atoms with van der Waals surface area (Å²) in [6.07, 6.45) is 12.4. The van der Waals surface area contributed by atoms with Gasteiger partial charge in [0.05, 0.1) is 18.3 Å². The first-order valence-corrected chi connectivity index (χ1v) is 23.9. The van der Waals surface area contributed by atoms with Gasteiger partial charge >= 0.3 is 5.97 Å². The molecule has 3 heterocycles. The molecule has 1 unspecified atom stereocenters. The lowest BCUT2D eigenvalue weighted by Crippen LogP contribution is -2.61. The van der Waals surface area contributed by atoms with Crippen molar-refractivity contribution in [1.29, 1.82) is 0 Å². The van der Waals surface area contributed by atoms with Crippen LogP contribution in [-0.2, 0) is 42.9 Å². The maximum atomic E-state index is 14.3. The number of carbonyl (C=O) groups is 5. The van der Waals surface area contributed by atoms with Crippen LogP contribution in [0.25, 0.3) is 0 Å². The SMILES string of the molecule is COC1C[C@@H]2CC[C@@H](C)[C@@](O)(O2)C(=O)C(=O)N2CCCC[C@H]2C(=O)O[C@H]([C@H](C)C[C@H]2CC[C@@H](O)[C@H](C)C2)CC(=O)[C@H](C)/C=C(\C)[C@@H](O)[C@@H](OC)C(=O)[C@H](C)C[C@H](C)/C=C/C=CC=C1C. The fourth-order valence-corrected chi connectivity index (χ4v) is 10.2. The van der Waals surface area contributed by atoms with E-state index in [1.165, 1.54) is 12.0 Å². The molecule has 0 aromatic heterocycles. The Morgan fingerprint density at radius 2 is 1.58 bits per heavy atom. The van der Waals surface area contributed by atoms with E-state index in [1.807, 2.05) is 65.0 Å². The number of piperidine rings is 1. The number of fused-ring (bicyclic) bond motifs is 3. The molecule has 2 bridgehead atoms. The van der Waals surface area contributed by atoms with Crippen molar-refractivity contribution in [2.24, 2.45) is 41.4 Å². The van der Waals surface area contributed by atoms with Crippen LogP contribution in [0.2, 0.25) is 0 Å². The van der Waals surface area contributed by atoms with Crippen LogP contribution in [0.15, 0.2) is 47.6 Å². The molecule has 4 rings (SSSR count). The van der Waals surface area contributed by atoms with Crippen LogP contribution in [0.4, 0.5) is 0 Å². The standard InChI is InChI=1S/C51H79NO12/c1-30-16-12-11-13-17-31(2)43(61-9)28-39-21-19-37(8)51(60,64-39)48(57)49(58)52-23-15-14-18-40(52)50(59)63-44(34(5)27-38-20-22-41(53)33(4)26-38)29-42(54)32(3)25-36(7)46(56)47(62-10)45(55)35(6)24-30/h11-13,16-17,25,30,32-35,37-41,43-44,46-47,53,56,60H,14-15,18-24,26-29H2,1-10H3/b13-11?,16-12+,31-17?,36-25+/t30-,32-,33-,34-,35-,37-,38+,39+,40+,41-,43?,44+,46-,47+,51-/m1/s1. The summed E-state index contributed by atoms with van der Waals surface area (Å²) in [4.78, 5) is 71.7. The van der Waals surface area contributed by atoms with E-state index in [0.717, 1.165) is 18.4 Å². The number of Topliss-reactive ketones (excluding diaryl/α,β-unsaturated/α-hetero) is 3. The first-order valence-electron chi connectivity index (χ1n) is 23.9. The Hall–Kier alpha value is -3.33. The summed E-state index contributed by atoms with van der Waals surface area (Å²) in [5.74, 6) is -7.55. The molecule has 1 amide bonds. The second-order valence-electron chi connectivity index (χ2n) is 19.8. The maximum Gasteiger partial charge on any atom is 0.329 e. The molecule has 0 spiro atoms. The predicted octanol–water partition coefficient (Wildman–Crippen LogP) is 6.80. The Balaban J connectivity index is 1.70. The van der Waals surface area contributed by atoms with Gasteiger partial charge in [-0.25, -0.2) is 4.79 Å². The van der Waals surface area contributed by atoms with Crippen molar-refractivity contribution in [2.75, 3.05) is 20.8 Å². The van der Waals surface area contributed by atoms with Gasteiger partial charge in [0, 0.05) is 51.4 Å². The topological polar surface area (TPSA) is 186 Å². The van der Waals surface area contributed by atoms with E-state index in [4.69, 9.17) is 18.9 Å². The number of aliphatic hydroxyl groups is 3. The summed E-state index contributed by atoms with van der Waals surface area (Å²) in [5, 5.41) is 33.8. The number of carbonyl (C=O) groups excluding carboxylic acids is 5. The van der Waals surface area contributed by atoms with Crippen molar-refractivity contribution in [3.63, 3.8) is 0 Å². The average molecular weight is 898 g/mol. The number of aliphatic hydroxyl groups excluding tert-OH is 2. The Bertz CT molecular complexity index is 1740. The second-order valence-corrected chi connectivity index (χ2v) is 19.8. The van der Waals surface area contributed by atoms with Crippen molar-refractivity contribution in [3.8, 4) is 0 Å². The normalized spacial score (nSPS) is 39.5. The summed E-state index contributed by atoms with van der Waals surface area (Å²) in [7, 11) is 2.96. The maximum absolute atomic E-state index is 14.3. The second kappa shape index (κ2) is 24.4. The third kappa shape index (κ3) is 13.9. The number of nitrogens with zero attached hydrogens (tertiary/aromatic N) is 1. The highest BCUT2D eigenvalue weighted by Crippen LogP contribution is 2.38. The summed E-state index contributed by atoms with van der Waals surface area (Å²) < 4.78 is 23.8. The number of cyclic esters (lactones) is 1. The van der Waals surface area contributed by atoms with Gasteiger partial charge in [0.2, 0.25) is 5.79 Å². The van der Waals surface area contributed by atoms with E-state index < -0.39 is 77.8 Å². The molecule has 4 aliphatic rings. The molecule has 15 atom stereocenters. The minimum Gasteiger partial charge on any atom is -0.460 e. The fourth-order valence-electron chi connectivity index (χ4n) is 10.2. The average Bonchev–Trinajstić information content (AvgIpc) is 3.26. The number of esters is 1. The third-order valence-electron chi connectivity index (χ3n) is 14.5. The molecular formula is C51H79NO12. The monoisotopic (exact) mass is 898 g/mol. The molecule has 0 radical (unpaired) electrons. The van der Waals surface area contributed by atoms with Gasteiger partial charge in [-0.15, -0.1) is 0 Å².